The lowest BCUT2D eigenvalue weighted by atomic mass is 9.82. The van der Waals surface area contributed by atoms with E-state index in [1.165, 1.54) is 5.69 Å². The van der Waals surface area contributed by atoms with Crippen molar-refractivity contribution in [3.63, 3.8) is 0 Å². The van der Waals surface area contributed by atoms with Gasteiger partial charge in [-0.2, -0.15) is 5.10 Å². The number of fused-ring (bicyclic) bond motifs is 3. The molecule has 1 spiro atoms. The molecule has 0 bridgehead atoms. The monoisotopic (exact) mass is 446 g/mol. The number of urea groups is 1. The van der Waals surface area contributed by atoms with Gasteiger partial charge in [0.25, 0.3) is 0 Å². The number of carbonyl (C=O) groups excluding carboxylic acids is 2. The van der Waals surface area contributed by atoms with Gasteiger partial charge in [0.05, 0.1) is 16.9 Å². The predicted octanol–water partition coefficient (Wildman–Crippen LogP) is 3.77. The van der Waals surface area contributed by atoms with E-state index in [0.717, 1.165) is 60.3 Å². The summed E-state index contributed by atoms with van der Waals surface area (Å²) in [4.78, 5) is 31.2. The summed E-state index contributed by atoms with van der Waals surface area (Å²) in [6, 6.07) is 9.99. The number of aromatic nitrogens is 3. The Kier molecular flexibility index (Phi) is 5.31. The number of benzene rings is 1. The maximum Gasteiger partial charge on any atom is 0.317 e. The summed E-state index contributed by atoms with van der Waals surface area (Å²) in [5.41, 5.74) is 4.56. The van der Waals surface area contributed by atoms with E-state index in [9.17, 15) is 9.59 Å². The van der Waals surface area contributed by atoms with Crippen LogP contribution < -0.4 is 10.6 Å². The van der Waals surface area contributed by atoms with Crippen molar-refractivity contribution in [2.75, 3.05) is 25.0 Å². The van der Waals surface area contributed by atoms with Crippen molar-refractivity contribution in [3.8, 4) is 11.3 Å². The van der Waals surface area contributed by atoms with Crippen LogP contribution in [0.1, 0.15) is 39.3 Å². The van der Waals surface area contributed by atoms with Crippen molar-refractivity contribution in [1.82, 2.24) is 25.0 Å². The maximum atomic E-state index is 12.4. The molecule has 33 heavy (non-hydrogen) atoms. The number of hydrogen-bond donors (Lipinski definition) is 2. The molecule has 5 rings (SSSR count). The molecule has 3 amide bonds. The second-order valence-corrected chi connectivity index (χ2v) is 9.42. The van der Waals surface area contributed by atoms with E-state index in [0.29, 0.717) is 6.54 Å². The van der Waals surface area contributed by atoms with E-state index in [4.69, 9.17) is 5.10 Å². The number of pyridine rings is 1. The van der Waals surface area contributed by atoms with Gasteiger partial charge in [-0.15, -0.1) is 0 Å². The highest BCUT2D eigenvalue weighted by molar-refractivity contribution is 6.02. The average molecular weight is 447 g/mol. The second-order valence-electron chi connectivity index (χ2n) is 9.42. The minimum atomic E-state index is -0.103. The molecule has 4 heterocycles. The predicted molar refractivity (Wildman–Crippen MR) is 128 cm³/mol. The minimum absolute atomic E-state index is 0.0160. The summed E-state index contributed by atoms with van der Waals surface area (Å²) in [6.45, 7) is 8.69. The van der Waals surface area contributed by atoms with E-state index in [-0.39, 0.29) is 23.3 Å². The molecule has 0 saturated carbocycles. The van der Waals surface area contributed by atoms with E-state index >= 15 is 0 Å². The summed E-state index contributed by atoms with van der Waals surface area (Å²) in [7, 11) is 0. The highest BCUT2D eigenvalue weighted by atomic mass is 16.2. The molecule has 1 aromatic carbocycles. The third kappa shape index (κ3) is 3.73. The zero-order chi connectivity index (χ0) is 23.2. The average Bonchev–Trinajstić information content (AvgIpc) is 3.51. The van der Waals surface area contributed by atoms with Crippen LogP contribution in [0.2, 0.25) is 0 Å². The van der Waals surface area contributed by atoms with Gasteiger partial charge < -0.3 is 15.5 Å². The number of rotatable bonds is 4. The van der Waals surface area contributed by atoms with Crippen LogP contribution >= 0.6 is 0 Å². The minimum Gasteiger partial charge on any atom is -0.338 e. The number of amides is 3. The third-order valence-electron chi connectivity index (χ3n) is 6.90. The summed E-state index contributed by atoms with van der Waals surface area (Å²) in [5.74, 6) is -0.122. The molecule has 1 unspecified atom stereocenters. The van der Waals surface area contributed by atoms with Crippen molar-refractivity contribution in [3.05, 3.63) is 42.2 Å². The summed E-state index contributed by atoms with van der Waals surface area (Å²) in [6.07, 6.45) is 3.81. The van der Waals surface area contributed by atoms with Crippen LogP contribution in [0.15, 0.2) is 36.5 Å². The van der Waals surface area contributed by atoms with Gasteiger partial charge in [0.2, 0.25) is 5.91 Å². The number of nitrogens with zero attached hydrogens (tertiary/aromatic N) is 4. The molecule has 1 atom stereocenters. The number of anilines is 1. The van der Waals surface area contributed by atoms with E-state index in [2.05, 4.69) is 32.4 Å². The first-order valence-electron chi connectivity index (χ1n) is 11.7. The SMILES string of the molecule is CCNC(=O)N1CCC2(CCn3nc(-c4cnc5cccc(NC(=O)C(C)C)c5c4)cc32)C1. The van der Waals surface area contributed by atoms with Gasteiger partial charge in [-0.1, -0.05) is 19.9 Å². The van der Waals surface area contributed by atoms with Crippen LogP contribution in [-0.2, 0) is 16.8 Å². The van der Waals surface area contributed by atoms with Gasteiger partial charge in [-0.25, -0.2) is 4.79 Å². The molecule has 0 aliphatic carbocycles. The van der Waals surface area contributed by atoms with Crippen LogP contribution in [0.4, 0.5) is 10.5 Å². The summed E-state index contributed by atoms with van der Waals surface area (Å²) >= 11 is 0. The molecule has 8 nitrogen and oxygen atoms in total. The molecule has 3 aromatic rings. The number of nitrogens with one attached hydrogen (secondary N) is 2. The Bertz CT molecular complexity index is 1230. The van der Waals surface area contributed by atoms with Gasteiger partial charge in [-0.3, -0.25) is 14.5 Å². The van der Waals surface area contributed by atoms with E-state index in [1.54, 1.807) is 0 Å². The zero-order valence-corrected chi connectivity index (χ0v) is 19.4. The maximum absolute atomic E-state index is 12.4. The standard InChI is InChI=1S/C25H30N6O2/c1-4-26-24(33)30-10-8-25(15-30)9-11-31-22(25)13-21(29-31)17-12-18-19(27-14-17)6-5-7-20(18)28-23(32)16(2)3/h5-7,12-14,16H,4,8-11,15H2,1-3H3,(H,26,33)(H,28,32). The molecule has 2 aliphatic rings. The van der Waals surface area contributed by atoms with Gasteiger partial charge in [0, 0.05) is 60.4 Å². The molecule has 0 radical (unpaired) electrons. The van der Waals surface area contributed by atoms with Gasteiger partial charge in [0.1, 0.15) is 0 Å². The molecular weight excluding hydrogens is 416 g/mol. The Balaban J connectivity index is 1.46. The van der Waals surface area contributed by atoms with E-state index < -0.39 is 0 Å². The van der Waals surface area contributed by atoms with Crippen LogP contribution in [0.3, 0.4) is 0 Å². The van der Waals surface area contributed by atoms with Crippen molar-refractivity contribution in [1.29, 1.82) is 0 Å². The molecular formula is C25H30N6O2. The fourth-order valence-corrected chi connectivity index (χ4v) is 5.00. The van der Waals surface area contributed by atoms with Gasteiger partial charge >= 0.3 is 6.03 Å². The normalized spacial score (nSPS) is 19.5. The van der Waals surface area contributed by atoms with Gasteiger partial charge in [-0.05, 0) is 44.0 Å². The topological polar surface area (TPSA) is 92.2 Å². The number of likely N-dealkylation sites (tertiary alicyclic amines) is 1. The third-order valence-corrected chi connectivity index (χ3v) is 6.90. The Morgan fingerprint density at radius 1 is 1.18 bits per heavy atom. The smallest absolute Gasteiger partial charge is 0.317 e. The number of carbonyl (C=O) groups is 2. The molecule has 2 aromatic heterocycles. The van der Waals surface area contributed by atoms with Crippen molar-refractivity contribution < 1.29 is 9.59 Å². The Morgan fingerprint density at radius 2 is 2.00 bits per heavy atom. The van der Waals surface area contributed by atoms with Crippen LogP contribution in [0, 0.1) is 5.92 Å². The lowest BCUT2D eigenvalue weighted by Crippen LogP contribution is -2.40. The highest BCUT2D eigenvalue weighted by Gasteiger charge is 2.46. The molecule has 2 N–H and O–H groups in total. The first-order valence-corrected chi connectivity index (χ1v) is 11.7. The summed E-state index contributed by atoms with van der Waals surface area (Å²) < 4.78 is 2.09. The van der Waals surface area contributed by atoms with Gasteiger partial charge in [0.15, 0.2) is 0 Å². The zero-order valence-electron chi connectivity index (χ0n) is 19.4. The lowest BCUT2D eigenvalue weighted by Gasteiger charge is -2.23. The largest absolute Gasteiger partial charge is 0.338 e. The fraction of sp³-hybridized carbons (Fsp3) is 0.440. The Hall–Kier alpha value is -3.42. The first kappa shape index (κ1) is 21.4. The Labute approximate surface area is 193 Å². The van der Waals surface area contributed by atoms with Crippen LogP contribution in [-0.4, -0.2) is 51.2 Å². The number of hydrogen-bond acceptors (Lipinski definition) is 4. The molecule has 2 aliphatic heterocycles. The molecule has 8 heteroatoms. The van der Waals surface area contributed by atoms with Crippen molar-refractivity contribution in [2.45, 2.75) is 45.6 Å². The first-order chi connectivity index (χ1) is 15.9. The second kappa shape index (κ2) is 8.17. The lowest BCUT2D eigenvalue weighted by molar-refractivity contribution is -0.118. The highest BCUT2D eigenvalue weighted by Crippen LogP contribution is 2.44. The molecule has 1 fully saturated rings. The molecule has 1 saturated heterocycles. The fourth-order valence-electron chi connectivity index (χ4n) is 5.00. The molecule has 172 valence electrons. The Morgan fingerprint density at radius 3 is 2.79 bits per heavy atom. The van der Waals surface area contributed by atoms with Crippen molar-refractivity contribution >= 4 is 28.5 Å². The van der Waals surface area contributed by atoms with Crippen LogP contribution in [0.5, 0.6) is 0 Å². The van der Waals surface area contributed by atoms with Crippen LogP contribution in [0.25, 0.3) is 22.2 Å². The van der Waals surface area contributed by atoms with Crippen molar-refractivity contribution in [2.24, 2.45) is 5.92 Å². The number of aryl methyl sites for hydroxylation is 1. The van der Waals surface area contributed by atoms with E-state index in [1.807, 2.05) is 50.1 Å². The quantitative estimate of drug-likeness (QED) is 0.638. The summed E-state index contributed by atoms with van der Waals surface area (Å²) in [5, 5.41) is 11.7.